The molecule has 1 fully saturated rings. The third-order valence-corrected chi connectivity index (χ3v) is 5.33. The van der Waals surface area contributed by atoms with Crippen LogP contribution in [0.25, 0.3) is 0 Å². The van der Waals surface area contributed by atoms with Crippen LogP contribution in [0.5, 0.6) is 0 Å². The third-order valence-electron chi connectivity index (χ3n) is 5.33. The van der Waals surface area contributed by atoms with Gasteiger partial charge in [-0.2, -0.15) is 0 Å². The number of nitrogens with zero attached hydrogens (tertiary/aromatic N) is 1. The molecule has 27 heavy (non-hydrogen) atoms. The molecule has 6 heteroatoms. The Labute approximate surface area is 157 Å². The van der Waals surface area contributed by atoms with Gasteiger partial charge in [-0.05, 0) is 49.4 Å². The van der Waals surface area contributed by atoms with Gasteiger partial charge in [0.2, 0.25) is 0 Å². The minimum absolute atomic E-state index is 0.0231. The number of hydrogen-bond donors (Lipinski definition) is 2. The molecule has 2 aliphatic rings. The zero-order valence-electron chi connectivity index (χ0n) is 15.4. The number of ketones is 1. The Balaban J connectivity index is 1.59. The van der Waals surface area contributed by atoms with Crippen molar-refractivity contribution in [2.24, 2.45) is 5.92 Å². The van der Waals surface area contributed by atoms with E-state index in [9.17, 15) is 14.4 Å². The van der Waals surface area contributed by atoms with E-state index in [0.29, 0.717) is 29.8 Å². The van der Waals surface area contributed by atoms with Crippen molar-refractivity contribution in [1.82, 2.24) is 4.98 Å². The van der Waals surface area contributed by atoms with Gasteiger partial charge in [0.15, 0.2) is 5.78 Å². The molecular weight excluding hydrogens is 342 g/mol. The van der Waals surface area contributed by atoms with E-state index in [-0.39, 0.29) is 17.3 Å². The van der Waals surface area contributed by atoms with Crippen LogP contribution >= 0.6 is 0 Å². The lowest BCUT2D eigenvalue weighted by atomic mass is 9.86. The van der Waals surface area contributed by atoms with Gasteiger partial charge in [-0.25, -0.2) is 0 Å². The lowest BCUT2D eigenvalue weighted by Crippen LogP contribution is -2.29. The predicted octanol–water partition coefficient (Wildman–Crippen LogP) is 2.99. The van der Waals surface area contributed by atoms with E-state index in [4.69, 9.17) is 0 Å². The van der Waals surface area contributed by atoms with E-state index in [1.807, 2.05) is 25.1 Å². The number of hydrogen-bond acceptors (Lipinski definition) is 4. The van der Waals surface area contributed by atoms with Crippen LogP contribution < -0.4 is 15.8 Å². The second-order valence-electron chi connectivity index (χ2n) is 7.54. The van der Waals surface area contributed by atoms with Gasteiger partial charge in [-0.1, -0.05) is 13.0 Å². The summed E-state index contributed by atoms with van der Waals surface area (Å²) in [7, 11) is 0. The summed E-state index contributed by atoms with van der Waals surface area (Å²) in [5.74, 6) is -0.317. The first-order valence-electron chi connectivity index (χ1n) is 9.47. The number of carbonyl (C=O) groups is 2. The highest BCUT2D eigenvalue weighted by Gasteiger charge is 2.25. The Morgan fingerprint density at radius 2 is 1.93 bits per heavy atom. The van der Waals surface area contributed by atoms with E-state index in [1.165, 1.54) is 18.9 Å². The highest BCUT2D eigenvalue weighted by molar-refractivity contribution is 6.06. The van der Waals surface area contributed by atoms with Crippen molar-refractivity contribution in [2.75, 3.05) is 23.3 Å². The maximum atomic E-state index is 12.7. The molecule has 2 heterocycles. The zero-order chi connectivity index (χ0) is 19.0. The van der Waals surface area contributed by atoms with Crippen molar-refractivity contribution < 1.29 is 9.59 Å². The number of fused-ring (bicyclic) bond motifs is 1. The fourth-order valence-corrected chi connectivity index (χ4v) is 3.95. The standard InChI is InChI=1S/C21H23N3O3/c1-13-9-18-16(19(25)10-13)12-17(21(27)23-18)20(26)22-14-5-4-6-15(11-14)24-7-2-3-8-24/h4-6,11-13H,2-3,7-10H2,1H3,(H,22,26)(H,23,27). The highest BCUT2D eigenvalue weighted by atomic mass is 16.2. The number of H-pyrrole nitrogens is 1. The highest BCUT2D eigenvalue weighted by Crippen LogP contribution is 2.25. The van der Waals surface area contributed by atoms with Gasteiger partial charge in [-0.3, -0.25) is 14.4 Å². The van der Waals surface area contributed by atoms with E-state index >= 15 is 0 Å². The largest absolute Gasteiger partial charge is 0.371 e. The molecule has 1 aliphatic carbocycles. The normalized spacial score (nSPS) is 19.1. The molecule has 1 unspecified atom stereocenters. The molecule has 1 aromatic carbocycles. The first-order valence-corrected chi connectivity index (χ1v) is 9.47. The molecule has 2 aromatic rings. The summed E-state index contributed by atoms with van der Waals surface area (Å²) in [6, 6.07) is 9.08. The predicted molar refractivity (Wildman–Crippen MR) is 105 cm³/mol. The van der Waals surface area contributed by atoms with Crippen LogP contribution in [0.4, 0.5) is 11.4 Å². The van der Waals surface area contributed by atoms with Gasteiger partial charge < -0.3 is 15.2 Å². The van der Waals surface area contributed by atoms with E-state index in [1.54, 1.807) is 6.07 Å². The van der Waals surface area contributed by atoms with Crippen LogP contribution in [0.1, 0.15) is 52.6 Å². The summed E-state index contributed by atoms with van der Waals surface area (Å²) in [5, 5.41) is 2.80. The summed E-state index contributed by atoms with van der Waals surface area (Å²) < 4.78 is 0. The first kappa shape index (κ1) is 17.5. The number of carbonyl (C=O) groups excluding carboxylic acids is 2. The number of nitrogens with one attached hydrogen (secondary N) is 2. The Morgan fingerprint density at radius 3 is 2.70 bits per heavy atom. The van der Waals surface area contributed by atoms with Crippen molar-refractivity contribution in [3.05, 3.63) is 57.5 Å². The van der Waals surface area contributed by atoms with Crippen molar-refractivity contribution >= 4 is 23.1 Å². The van der Waals surface area contributed by atoms with Crippen LogP contribution in [0.2, 0.25) is 0 Å². The number of anilines is 2. The van der Waals surface area contributed by atoms with Crippen molar-refractivity contribution in [3.8, 4) is 0 Å². The number of amides is 1. The third kappa shape index (κ3) is 3.52. The Morgan fingerprint density at radius 1 is 1.15 bits per heavy atom. The minimum Gasteiger partial charge on any atom is -0.371 e. The van der Waals surface area contributed by atoms with E-state index in [2.05, 4.69) is 15.2 Å². The molecule has 140 valence electrons. The average Bonchev–Trinajstić information content (AvgIpc) is 3.16. The minimum atomic E-state index is -0.496. The average molecular weight is 365 g/mol. The quantitative estimate of drug-likeness (QED) is 0.876. The number of pyridine rings is 1. The molecule has 1 amide bonds. The molecule has 1 aromatic heterocycles. The number of aromatic amines is 1. The second-order valence-corrected chi connectivity index (χ2v) is 7.54. The SMILES string of the molecule is CC1CC(=O)c2cc(C(=O)Nc3cccc(N4CCCC4)c3)c(=O)[nH]c2C1. The Bertz CT molecular complexity index is 957. The van der Waals surface area contributed by atoms with Crippen LogP contribution in [0, 0.1) is 5.92 Å². The van der Waals surface area contributed by atoms with E-state index in [0.717, 1.165) is 18.8 Å². The number of benzene rings is 1. The zero-order valence-corrected chi connectivity index (χ0v) is 15.4. The summed E-state index contributed by atoms with van der Waals surface area (Å²) in [6.07, 6.45) is 3.44. The molecule has 0 radical (unpaired) electrons. The van der Waals surface area contributed by atoms with Gasteiger partial charge >= 0.3 is 0 Å². The molecule has 4 rings (SSSR count). The Kier molecular flexibility index (Phi) is 4.56. The molecule has 0 bridgehead atoms. The van der Waals surface area contributed by atoms with Crippen LogP contribution in [0.3, 0.4) is 0 Å². The first-order chi connectivity index (χ1) is 13.0. The summed E-state index contributed by atoms with van der Waals surface area (Å²) in [5.41, 5.74) is 2.32. The van der Waals surface area contributed by atoms with Crippen LogP contribution in [-0.2, 0) is 6.42 Å². The van der Waals surface area contributed by atoms with Crippen molar-refractivity contribution in [3.63, 3.8) is 0 Å². The van der Waals surface area contributed by atoms with Gasteiger partial charge in [0.1, 0.15) is 5.56 Å². The van der Waals surface area contributed by atoms with Crippen molar-refractivity contribution in [2.45, 2.75) is 32.6 Å². The fraction of sp³-hybridized carbons (Fsp3) is 0.381. The molecule has 2 N–H and O–H groups in total. The fourth-order valence-electron chi connectivity index (χ4n) is 3.95. The number of aromatic nitrogens is 1. The molecule has 6 nitrogen and oxygen atoms in total. The van der Waals surface area contributed by atoms with Gasteiger partial charge in [0.05, 0.1) is 0 Å². The lowest BCUT2D eigenvalue weighted by molar-refractivity contribution is 0.0952. The smallest absolute Gasteiger partial charge is 0.261 e. The topological polar surface area (TPSA) is 82.3 Å². The summed E-state index contributed by atoms with van der Waals surface area (Å²) in [6.45, 7) is 4.01. The van der Waals surface area contributed by atoms with Crippen molar-refractivity contribution in [1.29, 1.82) is 0 Å². The summed E-state index contributed by atoms with van der Waals surface area (Å²) >= 11 is 0. The lowest BCUT2D eigenvalue weighted by Gasteiger charge is -2.20. The molecule has 1 aliphatic heterocycles. The summed E-state index contributed by atoms with van der Waals surface area (Å²) in [4.78, 5) is 42.3. The number of Topliss-reactive ketones (excluding diaryl/α,β-unsaturated/α-hetero) is 1. The maximum absolute atomic E-state index is 12.7. The van der Waals surface area contributed by atoms with Crippen LogP contribution in [0.15, 0.2) is 35.1 Å². The van der Waals surface area contributed by atoms with Gasteiger partial charge in [-0.15, -0.1) is 0 Å². The maximum Gasteiger partial charge on any atom is 0.261 e. The molecule has 0 saturated carbocycles. The monoisotopic (exact) mass is 365 g/mol. The molecule has 1 saturated heterocycles. The van der Waals surface area contributed by atoms with Gasteiger partial charge in [0, 0.05) is 42.1 Å². The number of rotatable bonds is 3. The van der Waals surface area contributed by atoms with E-state index < -0.39 is 11.5 Å². The molecular formula is C21H23N3O3. The Hall–Kier alpha value is -2.89. The second kappa shape index (κ2) is 7.02. The van der Waals surface area contributed by atoms with Crippen LogP contribution in [-0.4, -0.2) is 29.8 Å². The molecule has 0 spiro atoms. The van der Waals surface area contributed by atoms with Gasteiger partial charge in [0.25, 0.3) is 11.5 Å². The molecule has 1 atom stereocenters.